The van der Waals surface area contributed by atoms with Crippen LogP contribution in [0, 0.1) is 5.92 Å². The molecule has 3 aromatic rings. The molecule has 1 heterocycles. The summed E-state index contributed by atoms with van der Waals surface area (Å²) in [6, 6.07) is 13.5. The molecule has 0 bridgehead atoms. The second-order valence-corrected chi connectivity index (χ2v) is 12.7. The number of anilines is 1. The van der Waals surface area contributed by atoms with E-state index >= 15 is 0 Å². The third-order valence-electron chi connectivity index (χ3n) is 7.54. The second kappa shape index (κ2) is 15.2. The average molecular weight is 610 g/mol. The molecule has 1 aliphatic rings. The standard InChI is InChI=1S/C32H40ClN5O3S/c1-20(2)17-28(31(41)37-27-10-5-4-9-26(27)24-7-6-8-25(33)18-24)38-29(39)21(3)36-30(40)23-13-11-22(12-14-23)19-35-32-34-15-16-42-32/h6-8,11-16,18,20-21,26-28H,4-5,9-10,17,19H2,1-3H3,(H,34,35)(H,36,40)(H,37,41)(H,38,39)/t21-,26-,27+,28-/m0/s1. The first-order valence-electron chi connectivity index (χ1n) is 14.6. The van der Waals surface area contributed by atoms with Gasteiger partial charge in [-0.15, -0.1) is 11.3 Å². The SMILES string of the molecule is CC(C)C[C@H](NC(=O)[C@H](C)NC(=O)c1ccc(CNc2nccs2)cc1)C(=O)N[C@@H]1CCCC[C@H]1c1cccc(Cl)c1. The molecular formula is C32H40ClN5O3S. The van der Waals surface area contributed by atoms with Crippen molar-refractivity contribution in [2.75, 3.05) is 5.32 Å². The minimum Gasteiger partial charge on any atom is -0.357 e. The molecule has 224 valence electrons. The van der Waals surface area contributed by atoms with E-state index in [0.29, 0.717) is 23.6 Å². The highest BCUT2D eigenvalue weighted by atomic mass is 35.5. The van der Waals surface area contributed by atoms with Gasteiger partial charge >= 0.3 is 0 Å². The largest absolute Gasteiger partial charge is 0.357 e. The van der Waals surface area contributed by atoms with E-state index < -0.39 is 18.0 Å². The van der Waals surface area contributed by atoms with E-state index in [4.69, 9.17) is 11.6 Å². The van der Waals surface area contributed by atoms with E-state index in [0.717, 1.165) is 41.9 Å². The van der Waals surface area contributed by atoms with Crippen molar-refractivity contribution in [3.05, 3.63) is 81.8 Å². The summed E-state index contributed by atoms with van der Waals surface area (Å²) in [5, 5.41) is 15.5. The van der Waals surface area contributed by atoms with E-state index in [1.165, 1.54) is 11.3 Å². The molecule has 0 saturated heterocycles. The maximum absolute atomic E-state index is 13.5. The summed E-state index contributed by atoms with van der Waals surface area (Å²) < 4.78 is 0. The predicted octanol–water partition coefficient (Wildman–Crippen LogP) is 5.90. The van der Waals surface area contributed by atoms with Crippen molar-refractivity contribution in [3.8, 4) is 0 Å². The summed E-state index contributed by atoms with van der Waals surface area (Å²) in [7, 11) is 0. The lowest BCUT2D eigenvalue weighted by molar-refractivity contribution is -0.130. The number of aromatic nitrogens is 1. The summed E-state index contributed by atoms with van der Waals surface area (Å²) in [4.78, 5) is 43.7. The van der Waals surface area contributed by atoms with Gasteiger partial charge in [0.2, 0.25) is 11.8 Å². The Morgan fingerprint density at radius 1 is 1.00 bits per heavy atom. The van der Waals surface area contributed by atoms with Crippen LogP contribution >= 0.6 is 22.9 Å². The Morgan fingerprint density at radius 3 is 2.45 bits per heavy atom. The molecule has 0 spiro atoms. The van der Waals surface area contributed by atoms with Crippen LogP contribution in [0.5, 0.6) is 0 Å². The number of amides is 3. The third-order valence-corrected chi connectivity index (χ3v) is 8.51. The summed E-state index contributed by atoms with van der Waals surface area (Å²) in [5.74, 6) is -0.595. The van der Waals surface area contributed by atoms with Gasteiger partial charge in [0.25, 0.3) is 5.91 Å². The van der Waals surface area contributed by atoms with Gasteiger partial charge < -0.3 is 21.3 Å². The molecule has 4 atom stereocenters. The summed E-state index contributed by atoms with van der Waals surface area (Å²) in [5.41, 5.74) is 2.58. The van der Waals surface area contributed by atoms with E-state index in [1.54, 1.807) is 25.3 Å². The lowest BCUT2D eigenvalue weighted by Crippen LogP contribution is -2.55. The van der Waals surface area contributed by atoms with Crippen molar-refractivity contribution in [3.63, 3.8) is 0 Å². The number of hydrogen-bond donors (Lipinski definition) is 4. The quantitative estimate of drug-likeness (QED) is 0.204. The number of carbonyl (C=O) groups excluding carboxylic acids is 3. The Hall–Kier alpha value is -3.43. The fourth-order valence-corrected chi connectivity index (χ4v) is 6.06. The normalized spacial score (nSPS) is 18.1. The molecule has 1 aromatic heterocycles. The predicted molar refractivity (Wildman–Crippen MR) is 169 cm³/mol. The molecule has 1 aliphatic carbocycles. The first-order chi connectivity index (χ1) is 20.2. The fraction of sp³-hybridized carbons (Fsp3) is 0.438. The van der Waals surface area contributed by atoms with Gasteiger partial charge in [-0.05, 0) is 67.5 Å². The molecule has 8 nitrogen and oxygen atoms in total. The zero-order valence-corrected chi connectivity index (χ0v) is 25.9. The van der Waals surface area contributed by atoms with Crippen LogP contribution in [0.3, 0.4) is 0 Å². The third kappa shape index (κ3) is 9.03. The number of thiazole rings is 1. The number of nitrogens with one attached hydrogen (secondary N) is 4. The highest BCUT2D eigenvalue weighted by Gasteiger charge is 2.32. The van der Waals surface area contributed by atoms with Gasteiger partial charge in [-0.2, -0.15) is 0 Å². The van der Waals surface area contributed by atoms with Crippen LogP contribution in [0.4, 0.5) is 5.13 Å². The lowest BCUT2D eigenvalue weighted by atomic mass is 9.80. The maximum Gasteiger partial charge on any atom is 0.251 e. The Bertz CT molecular complexity index is 1330. The molecule has 0 aliphatic heterocycles. The van der Waals surface area contributed by atoms with Crippen molar-refractivity contribution >= 4 is 45.8 Å². The second-order valence-electron chi connectivity index (χ2n) is 11.3. The Morgan fingerprint density at radius 2 is 1.76 bits per heavy atom. The number of hydrogen-bond acceptors (Lipinski definition) is 6. The van der Waals surface area contributed by atoms with E-state index in [2.05, 4.69) is 32.3 Å². The summed E-state index contributed by atoms with van der Waals surface area (Å²) in [6.07, 6.45) is 6.21. The van der Waals surface area contributed by atoms with Crippen molar-refractivity contribution in [1.29, 1.82) is 0 Å². The zero-order valence-electron chi connectivity index (χ0n) is 24.4. The highest BCUT2D eigenvalue weighted by Crippen LogP contribution is 2.34. The molecule has 3 amide bonds. The van der Waals surface area contributed by atoms with E-state index in [9.17, 15) is 14.4 Å². The van der Waals surface area contributed by atoms with Crippen molar-refractivity contribution < 1.29 is 14.4 Å². The van der Waals surface area contributed by atoms with Gasteiger partial charge in [0.05, 0.1) is 0 Å². The average Bonchev–Trinajstić information content (AvgIpc) is 3.50. The monoisotopic (exact) mass is 609 g/mol. The van der Waals surface area contributed by atoms with Crippen LogP contribution in [0.25, 0.3) is 0 Å². The van der Waals surface area contributed by atoms with Crippen LogP contribution in [0.15, 0.2) is 60.1 Å². The summed E-state index contributed by atoms with van der Waals surface area (Å²) >= 11 is 7.78. The maximum atomic E-state index is 13.5. The molecule has 42 heavy (non-hydrogen) atoms. The molecule has 1 fully saturated rings. The van der Waals surface area contributed by atoms with Crippen LogP contribution in [0.1, 0.15) is 80.3 Å². The Labute approximate surface area is 257 Å². The van der Waals surface area contributed by atoms with E-state index in [1.807, 2.05) is 49.6 Å². The van der Waals surface area contributed by atoms with Gasteiger partial charge in [0, 0.05) is 40.7 Å². The van der Waals surface area contributed by atoms with Crippen molar-refractivity contribution in [1.82, 2.24) is 20.9 Å². The zero-order chi connectivity index (χ0) is 30.1. The van der Waals surface area contributed by atoms with Crippen molar-refractivity contribution in [2.45, 2.75) is 83.5 Å². The van der Waals surface area contributed by atoms with Gasteiger partial charge in [-0.1, -0.05) is 62.6 Å². The first-order valence-corrected chi connectivity index (χ1v) is 15.8. The molecular weight excluding hydrogens is 570 g/mol. The van der Waals surface area contributed by atoms with E-state index in [-0.39, 0.29) is 29.7 Å². The fourth-order valence-electron chi connectivity index (χ4n) is 5.33. The Balaban J connectivity index is 1.33. The number of benzene rings is 2. The molecule has 10 heteroatoms. The molecule has 4 N–H and O–H groups in total. The van der Waals surface area contributed by atoms with Gasteiger partial charge in [-0.25, -0.2) is 4.98 Å². The summed E-state index contributed by atoms with van der Waals surface area (Å²) in [6.45, 7) is 6.25. The van der Waals surface area contributed by atoms with Gasteiger partial charge in [0.1, 0.15) is 12.1 Å². The van der Waals surface area contributed by atoms with Crippen LogP contribution in [-0.2, 0) is 16.1 Å². The van der Waals surface area contributed by atoms with Crippen molar-refractivity contribution in [2.24, 2.45) is 5.92 Å². The van der Waals surface area contributed by atoms with Crippen LogP contribution < -0.4 is 21.3 Å². The van der Waals surface area contributed by atoms with Gasteiger partial charge in [-0.3, -0.25) is 14.4 Å². The molecule has 4 rings (SSSR count). The van der Waals surface area contributed by atoms with Gasteiger partial charge in [0.15, 0.2) is 5.13 Å². The smallest absolute Gasteiger partial charge is 0.251 e. The first kappa shape index (κ1) is 31.5. The number of rotatable bonds is 12. The number of halogens is 1. The molecule has 0 radical (unpaired) electrons. The highest BCUT2D eigenvalue weighted by molar-refractivity contribution is 7.13. The number of carbonyl (C=O) groups is 3. The molecule has 2 aromatic carbocycles. The van der Waals surface area contributed by atoms with Crippen LogP contribution in [-0.4, -0.2) is 40.8 Å². The number of nitrogens with zero attached hydrogens (tertiary/aromatic N) is 1. The Kier molecular flexibility index (Phi) is 11.4. The topological polar surface area (TPSA) is 112 Å². The molecule has 0 unspecified atom stereocenters. The minimum absolute atomic E-state index is 0.0341. The lowest BCUT2D eigenvalue weighted by Gasteiger charge is -2.34. The van der Waals surface area contributed by atoms with Crippen LogP contribution in [0.2, 0.25) is 5.02 Å². The minimum atomic E-state index is -0.819. The molecule has 1 saturated carbocycles.